The Kier molecular flexibility index (Phi) is 5.24. The zero-order chi connectivity index (χ0) is 22.4. The number of ether oxygens (including phenoxy) is 1. The molecule has 3 saturated carbocycles. The zero-order valence-corrected chi connectivity index (χ0v) is 21.8. The second kappa shape index (κ2) is 7.58. The molecule has 2 nitrogen and oxygen atoms in total. The van der Waals surface area contributed by atoms with Gasteiger partial charge in [0.1, 0.15) is 0 Å². The van der Waals surface area contributed by atoms with E-state index in [1.54, 1.807) is 5.57 Å². The van der Waals surface area contributed by atoms with Crippen LogP contribution in [0.1, 0.15) is 99.3 Å². The minimum absolute atomic E-state index is 0.359. The van der Waals surface area contributed by atoms with Crippen molar-refractivity contribution in [3.63, 3.8) is 0 Å². The Morgan fingerprint density at radius 3 is 2.59 bits per heavy atom. The van der Waals surface area contributed by atoms with E-state index in [1.807, 2.05) is 0 Å². The van der Waals surface area contributed by atoms with E-state index in [4.69, 9.17) is 4.74 Å². The quantitative estimate of drug-likeness (QED) is 0.426. The van der Waals surface area contributed by atoms with Crippen LogP contribution in [0.2, 0.25) is 0 Å². The van der Waals surface area contributed by atoms with E-state index in [9.17, 15) is 0 Å². The van der Waals surface area contributed by atoms with Gasteiger partial charge >= 0.3 is 0 Å². The lowest BCUT2D eigenvalue weighted by Gasteiger charge is -2.58. The Bertz CT molecular complexity index is 773. The van der Waals surface area contributed by atoms with Crippen molar-refractivity contribution in [2.24, 2.45) is 46.3 Å². The number of piperidine rings is 1. The average molecular weight is 440 g/mol. The maximum Gasteiger partial charge on any atom is 0.0616 e. The summed E-state index contributed by atoms with van der Waals surface area (Å²) in [6, 6.07) is 1.78. The van der Waals surface area contributed by atoms with Crippen LogP contribution in [0, 0.1) is 46.3 Å². The fourth-order valence-corrected chi connectivity index (χ4v) is 10.9. The van der Waals surface area contributed by atoms with Gasteiger partial charge in [0.15, 0.2) is 0 Å². The molecule has 0 aromatic heterocycles. The van der Waals surface area contributed by atoms with Gasteiger partial charge in [0.2, 0.25) is 0 Å². The lowest BCUT2D eigenvalue weighted by Crippen LogP contribution is -2.51. The minimum Gasteiger partial charge on any atom is -0.375 e. The first-order valence-corrected chi connectivity index (χ1v) is 14.3. The number of allylic oxidation sites excluding steroid dienone is 1. The van der Waals surface area contributed by atoms with Crippen LogP contribution in [0.25, 0.3) is 0 Å². The van der Waals surface area contributed by atoms with Crippen molar-refractivity contribution in [1.29, 1.82) is 0 Å². The van der Waals surface area contributed by atoms with E-state index in [-0.39, 0.29) is 0 Å². The molecule has 32 heavy (non-hydrogen) atoms. The van der Waals surface area contributed by atoms with Gasteiger partial charge in [0.05, 0.1) is 12.2 Å². The number of fused-ring (bicyclic) bond motifs is 9. The molecule has 0 aromatic carbocycles. The van der Waals surface area contributed by atoms with Gasteiger partial charge in [-0.05, 0) is 118 Å². The monoisotopic (exact) mass is 439 g/mol. The number of nitrogens with zero attached hydrogens (tertiary/aromatic N) is 1. The predicted octanol–water partition coefficient (Wildman–Crippen LogP) is 7.09. The maximum atomic E-state index is 6.28. The summed E-state index contributed by atoms with van der Waals surface area (Å²) in [7, 11) is 0. The maximum absolute atomic E-state index is 6.28. The Labute approximate surface area is 197 Å². The van der Waals surface area contributed by atoms with Crippen LogP contribution in [-0.4, -0.2) is 35.7 Å². The van der Waals surface area contributed by atoms with Crippen LogP contribution in [0.5, 0.6) is 0 Å². The molecule has 0 aromatic rings. The smallest absolute Gasteiger partial charge is 0.0616 e. The highest BCUT2D eigenvalue weighted by atomic mass is 16.5. The Morgan fingerprint density at radius 1 is 1.00 bits per heavy atom. The first kappa shape index (κ1) is 22.1. The summed E-state index contributed by atoms with van der Waals surface area (Å²) in [6.45, 7) is 16.3. The lowest BCUT2D eigenvalue weighted by atomic mass is 9.47. The van der Waals surface area contributed by atoms with Gasteiger partial charge in [-0.25, -0.2) is 0 Å². The second-order valence-electron chi connectivity index (χ2n) is 14.0. The summed E-state index contributed by atoms with van der Waals surface area (Å²) < 4.78 is 6.28. The minimum atomic E-state index is 0.359. The third-order valence-electron chi connectivity index (χ3n) is 12.1. The lowest BCUT2D eigenvalue weighted by molar-refractivity contribution is -0.0709. The topological polar surface area (TPSA) is 12.5 Å². The van der Waals surface area contributed by atoms with Crippen LogP contribution in [-0.2, 0) is 4.74 Å². The summed E-state index contributed by atoms with van der Waals surface area (Å²) >= 11 is 0. The first-order chi connectivity index (χ1) is 15.2. The summed E-state index contributed by atoms with van der Waals surface area (Å²) in [5.74, 6) is 5.58. The van der Waals surface area contributed by atoms with Crippen molar-refractivity contribution in [2.45, 2.75) is 124 Å². The Hall–Kier alpha value is -0.340. The SMILES string of the molecule is CC(C)O[C@H]1CC[C@@]2(C)C(=CCC3C4CC5C([C@H](C)C6CC[C@H](C)CN56)[C@@]4(C)CCC32)C1. The average Bonchev–Trinajstić information content (AvgIpc) is 3.20. The first-order valence-electron chi connectivity index (χ1n) is 14.3. The second-order valence-corrected chi connectivity index (χ2v) is 14.0. The molecule has 4 aliphatic carbocycles. The highest BCUT2D eigenvalue weighted by molar-refractivity contribution is 5.27. The normalized spacial score (nSPS) is 55.0. The van der Waals surface area contributed by atoms with Crippen molar-refractivity contribution >= 4 is 0 Å². The molecule has 0 amide bonds. The number of rotatable bonds is 2. The van der Waals surface area contributed by atoms with Crippen molar-refractivity contribution in [3.05, 3.63) is 11.6 Å². The molecule has 6 aliphatic rings. The molecule has 5 fully saturated rings. The molecule has 0 radical (unpaired) electrons. The standard InChI is InChI=1S/C30H49NO/c1-18(2)32-22-11-13-29(5)21(15-22)8-9-23-24(29)12-14-30(6)25(23)16-27-28(30)20(4)26-10-7-19(3)17-31(26)27/h8,18-20,22-28H,7,9-17H2,1-6H3/t19-,20+,22-,23?,24?,25?,26?,27?,28?,29-,30-/m0/s1. The molecule has 180 valence electrons. The van der Waals surface area contributed by atoms with Gasteiger partial charge < -0.3 is 4.74 Å². The van der Waals surface area contributed by atoms with E-state index in [1.165, 1.54) is 64.3 Å². The number of hydrogen-bond acceptors (Lipinski definition) is 2. The van der Waals surface area contributed by atoms with Crippen LogP contribution in [0.3, 0.4) is 0 Å². The van der Waals surface area contributed by atoms with Crippen molar-refractivity contribution < 1.29 is 4.74 Å². The van der Waals surface area contributed by atoms with E-state index >= 15 is 0 Å². The van der Waals surface area contributed by atoms with Gasteiger partial charge in [0, 0.05) is 18.6 Å². The Balaban J connectivity index is 1.27. The summed E-state index contributed by atoms with van der Waals surface area (Å²) in [4.78, 5) is 3.04. The van der Waals surface area contributed by atoms with Gasteiger partial charge in [-0.15, -0.1) is 0 Å². The highest BCUT2D eigenvalue weighted by Crippen LogP contribution is 2.69. The summed E-state index contributed by atoms with van der Waals surface area (Å²) in [6.07, 6.45) is 16.2. The number of hydrogen-bond donors (Lipinski definition) is 0. The van der Waals surface area contributed by atoms with E-state index in [0.29, 0.717) is 23.0 Å². The molecule has 0 spiro atoms. The summed E-state index contributed by atoms with van der Waals surface area (Å²) in [5, 5.41) is 0. The van der Waals surface area contributed by atoms with E-state index in [2.05, 4.69) is 52.5 Å². The molecule has 0 bridgehead atoms. The van der Waals surface area contributed by atoms with Gasteiger partial charge in [-0.1, -0.05) is 39.3 Å². The molecule has 6 rings (SSSR count). The predicted molar refractivity (Wildman–Crippen MR) is 132 cm³/mol. The highest BCUT2D eigenvalue weighted by Gasteiger charge is 2.66. The third kappa shape index (κ3) is 3.03. The fraction of sp³-hybridized carbons (Fsp3) is 0.933. The van der Waals surface area contributed by atoms with Crippen LogP contribution in [0.4, 0.5) is 0 Å². The van der Waals surface area contributed by atoms with Crippen molar-refractivity contribution in [2.75, 3.05) is 6.54 Å². The zero-order valence-electron chi connectivity index (χ0n) is 21.8. The van der Waals surface area contributed by atoms with Crippen LogP contribution >= 0.6 is 0 Å². The largest absolute Gasteiger partial charge is 0.375 e. The third-order valence-corrected chi connectivity index (χ3v) is 12.1. The van der Waals surface area contributed by atoms with Gasteiger partial charge in [0.25, 0.3) is 0 Å². The molecule has 6 unspecified atom stereocenters. The van der Waals surface area contributed by atoms with Crippen molar-refractivity contribution in [1.82, 2.24) is 4.90 Å². The molecule has 2 heterocycles. The van der Waals surface area contributed by atoms with Crippen molar-refractivity contribution in [3.8, 4) is 0 Å². The molecule has 2 heteroatoms. The molecule has 2 aliphatic heterocycles. The molecule has 11 atom stereocenters. The molecular weight excluding hydrogens is 390 g/mol. The van der Waals surface area contributed by atoms with E-state index < -0.39 is 0 Å². The molecular formula is C30H49NO. The van der Waals surface area contributed by atoms with Crippen LogP contribution < -0.4 is 0 Å². The fourth-order valence-electron chi connectivity index (χ4n) is 10.9. The Morgan fingerprint density at radius 2 is 1.81 bits per heavy atom. The molecule has 2 saturated heterocycles. The van der Waals surface area contributed by atoms with Gasteiger partial charge in [-0.3, -0.25) is 4.90 Å². The molecule has 0 N–H and O–H groups in total. The van der Waals surface area contributed by atoms with Gasteiger partial charge in [-0.2, -0.15) is 0 Å². The van der Waals surface area contributed by atoms with E-state index in [0.717, 1.165) is 47.6 Å². The van der Waals surface area contributed by atoms with Crippen LogP contribution in [0.15, 0.2) is 11.6 Å². The summed E-state index contributed by atoms with van der Waals surface area (Å²) in [5.41, 5.74) is 2.81.